The lowest BCUT2D eigenvalue weighted by molar-refractivity contribution is -0.120. The maximum absolute atomic E-state index is 12.4. The number of carbonyl (C=O) groups is 1. The van der Waals surface area contributed by atoms with Gasteiger partial charge in [0, 0.05) is 6.54 Å². The Morgan fingerprint density at radius 3 is 2.89 bits per heavy atom. The fraction of sp³-hybridized carbons (Fsp3) is 0.833. The summed E-state index contributed by atoms with van der Waals surface area (Å²) in [6.45, 7) is 1.02. The van der Waals surface area contributed by atoms with Crippen molar-refractivity contribution in [3.63, 3.8) is 0 Å². The van der Waals surface area contributed by atoms with Crippen LogP contribution in [0.15, 0.2) is 0 Å². The summed E-state index contributed by atoms with van der Waals surface area (Å²) in [7, 11) is 0. The maximum Gasteiger partial charge on any atom is 0.209 e. The molecule has 3 heteroatoms. The van der Waals surface area contributed by atoms with E-state index in [9.17, 15) is 9.18 Å². The first-order valence-electron chi connectivity index (χ1n) is 3.16. The number of amides is 1. The van der Waals surface area contributed by atoms with Gasteiger partial charge in [-0.25, -0.2) is 4.39 Å². The van der Waals surface area contributed by atoms with E-state index in [1.165, 1.54) is 4.90 Å². The topological polar surface area (TPSA) is 20.3 Å². The second-order valence-electron chi connectivity index (χ2n) is 2.34. The summed E-state index contributed by atoms with van der Waals surface area (Å²) in [5.74, 6) is 0. The molecule has 1 aliphatic heterocycles. The third-order valence-electron chi connectivity index (χ3n) is 1.54. The molecule has 0 spiro atoms. The molecular formula is C6H10FNO. The number of carbonyl (C=O) groups excluding carboxylic acids is 1. The summed E-state index contributed by atoms with van der Waals surface area (Å²) in [5.41, 5.74) is 0. The minimum atomic E-state index is -0.788. The zero-order valence-corrected chi connectivity index (χ0v) is 5.22. The Bertz CT molecular complexity index is 107. The highest BCUT2D eigenvalue weighted by atomic mass is 19.1. The Kier molecular flexibility index (Phi) is 2.03. The largest absolute Gasteiger partial charge is 0.342 e. The van der Waals surface area contributed by atoms with Crippen LogP contribution in [0.1, 0.15) is 12.8 Å². The Morgan fingerprint density at radius 1 is 1.67 bits per heavy atom. The second kappa shape index (κ2) is 2.80. The van der Waals surface area contributed by atoms with E-state index in [1.807, 2.05) is 0 Å². The van der Waals surface area contributed by atoms with Crippen LogP contribution in [0.5, 0.6) is 0 Å². The van der Waals surface area contributed by atoms with Crippen molar-refractivity contribution in [2.24, 2.45) is 0 Å². The average molecular weight is 131 g/mol. The highest BCUT2D eigenvalue weighted by Crippen LogP contribution is 2.10. The SMILES string of the molecule is O=CN1CCC[C@H](F)C1. The summed E-state index contributed by atoms with van der Waals surface area (Å²) in [6.07, 6.45) is 1.35. The highest BCUT2D eigenvalue weighted by Gasteiger charge is 2.16. The summed E-state index contributed by atoms with van der Waals surface area (Å²) in [5, 5.41) is 0. The first-order chi connectivity index (χ1) is 4.33. The van der Waals surface area contributed by atoms with E-state index in [4.69, 9.17) is 0 Å². The van der Waals surface area contributed by atoms with Crippen LogP contribution >= 0.6 is 0 Å². The predicted octanol–water partition coefficient (Wildman–Crippen LogP) is 0.577. The predicted molar refractivity (Wildman–Crippen MR) is 31.8 cm³/mol. The minimum absolute atomic E-state index is 0.295. The molecule has 0 saturated carbocycles. The number of hydrogen-bond donors (Lipinski definition) is 0. The molecule has 0 N–H and O–H groups in total. The lowest BCUT2D eigenvalue weighted by atomic mass is 10.1. The van der Waals surface area contributed by atoms with Crippen LogP contribution in [-0.4, -0.2) is 30.6 Å². The van der Waals surface area contributed by atoms with Crippen molar-refractivity contribution in [3.8, 4) is 0 Å². The quantitative estimate of drug-likeness (QED) is 0.476. The molecule has 0 radical (unpaired) electrons. The molecule has 0 unspecified atom stereocenters. The van der Waals surface area contributed by atoms with Gasteiger partial charge in [0.25, 0.3) is 0 Å². The molecule has 52 valence electrons. The van der Waals surface area contributed by atoms with Gasteiger partial charge >= 0.3 is 0 Å². The number of rotatable bonds is 1. The molecule has 0 aliphatic carbocycles. The summed E-state index contributed by atoms with van der Waals surface area (Å²) >= 11 is 0. The Hall–Kier alpha value is -0.600. The summed E-state index contributed by atoms with van der Waals surface area (Å²) in [4.78, 5) is 11.5. The van der Waals surface area contributed by atoms with Gasteiger partial charge in [0.2, 0.25) is 6.41 Å². The van der Waals surface area contributed by atoms with E-state index in [0.717, 1.165) is 13.0 Å². The van der Waals surface area contributed by atoms with E-state index in [2.05, 4.69) is 0 Å². The van der Waals surface area contributed by atoms with Gasteiger partial charge in [0.15, 0.2) is 0 Å². The van der Waals surface area contributed by atoms with Gasteiger partial charge in [-0.15, -0.1) is 0 Å². The second-order valence-corrected chi connectivity index (χ2v) is 2.34. The molecule has 0 aromatic heterocycles. The lowest BCUT2D eigenvalue weighted by Gasteiger charge is -2.24. The smallest absolute Gasteiger partial charge is 0.209 e. The zero-order chi connectivity index (χ0) is 6.69. The van der Waals surface area contributed by atoms with Gasteiger partial charge < -0.3 is 4.90 Å². The van der Waals surface area contributed by atoms with Crippen molar-refractivity contribution < 1.29 is 9.18 Å². The van der Waals surface area contributed by atoms with Crippen molar-refractivity contribution >= 4 is 6.41 Å². The van der Waals surface area contributed by atoms with Crippen LogP contribution in [0.25, 0.3) is 0 Å². The van der Waals surface area contributed by atoms with E-state index >= 15 is 0 Å². The molecule has 1 atom stereocenters. The summed E-state index contributed by atoms with van der Waals surface area (Å²) < 4.78 is 12.4. The molecule has 0 aromatic rings. The van der Waals surface area contributed by atoms with E-state index in [-0.39, 0.29) is 0 Å². The molecule has 0 aromatic carbocycles. The van der Waals surface area contributed by atoms with Crippen LogP contribution in [0.2, 0.25) is 0 Å². The van der Waals surface area contributed by atoms with E-state index in [0.29, 0.717) is 19.4 Å². The van der Waals surface area contributed by atoms with Crippen molar-refractivity contribution in [1.29, 1.82) is 0 Å². The molecule has 1 aliphatic rings. The fourth-order valence-corrected chi connectivity index (χ4v) is 1.05. The highest BCUT2D eigenvalue weighted by molar-refractivity contribution is 5.47. The van der Waals surface area contributed by atoms with Gasteiger partial charge in [-0.2, -0.15) is 0 Å². The van der Waals surface area contributed by atoms with Crippen LogP contribution in [-0.2, 0) is 4.79 Å². The monoisotopic (exact) mass is 131 g/mol. The first kappa shape index (κ1) is 6.52. The molecule has 2 nitrogen and oxygen atoms in total. The van der Waals surface area contributed by atoms with Gasteiger partial charge in [0.1, 0.15) is 6.17 Å². The van der Waals surface area contributed by atoms with Crippen molar-refractivity contribution in [3.05, 3.63) is 0 Å². The standard InChI is InChI=1S/C6H10FNO/c7-6-2-1-3-8(4-6)5-9/h5-6H,1-4H2/t6-/m0/s1. The van der Waals surface area contributed by atoms with Crippen LogP contribution < -0.4 is 0 Å². The van der Waals surface area contributed by atoms with Crippen molar-refractivity contribution in [1.82, 2.24) is 4.90 Å². The number of likely N-dealkylation sites (tertiary alicyclic amines) is 1. The number of nitrogens with zero attached hydrogens (tertiary/aromatic N) is 1. The van der Waals surface area contributed by atoms with Crippen LogP contribution in [0.4, 0.5) is 4.39 Å². The van der Waals surface area contributed by atoms with Crippen molar-refractivity contribution in [2.45, 2.75) is 19.0 Å². The lowest BCUT2D eigenvalue weighted by Crippen LogP contribution is -2.35. The fourth-order valence-electron chi connectivity index (χ4n) is 1.05. The molecule has 1 heterocycles. The Morgan fingerprint density at radius 2 is 2.44 bits per heavy atom. The molecule has 1 saturated heterocycles. The minimum Gasteiger partial charge on any atom is -0.342 e. The average Bonchev–Trinajstić information content (AvgIpc) is 1.88. The zero-order valence-electron chi connectivity index (χ0n) is 5.22. The number of hydrogen-bond acceptors (Lipinski definition) is 1. The molecule has 1 fully saturated rings. The Balaban J connectivity index is 2.31. The molecule has 0 bridgehead atoms. The molecule has 1 rings (SSSR count). The number of halogens is 1. The number of alkyl halides is 1. The van der Waals surface area contributed by atoms with E-state index < -0.39 is 6.17 Å². The maximum atomic E-state index is 12.4. The molecule has 9 heavy (non-hydrogen) atoms. The first-order valence-corrected chi connectivity index (χ1v) is 3.16. The molecule has 1 amide bonds. The van der Waals surface area contributed by atoms with Gasteiger partial charge in [-0.3, -0.25) is 4.79 Å². The van der Waals surface area contributed by atoms with Gasteiger partial charge in [0.05, 0.1) is 6.54 Å². The van der Waals surface area contributed by atoms with Crippen molar-refractivity contribution in [2.75, 3.05) is 13.1 Å². The van der Waals surface area contributed by atoms with Crippen LogP contribution in [0, 0.1) is 0 Å². The third kappa shape index (κ3) is 1.66. The normalized spacial score (nSPS) is 28.1. The molecular weight excluding hydrogens is 121 g/mol. The summed E-state index contributed by atoms with van der Waals surface area (Å²) in [6, 6.07) is 0. The van der Waals surface area contributed by atoms with Gasteiger partial charge in [-0.1, -0.05) is 0 Å². The number of piperidine rings is 1. The van der Waals surface area contributed by atoms with Crippen LogP contribution in [0.3, 0.4) is 0 Å². The Labute approximate surface area is 53.6 Å². The third-order valence-corrected chi connectivity index (χ3v) is 1.54. The van der Waals surface area contributed by atoms with Gasteiger partial charge in [-0.05, 0) is 12.8 Å². The van der Waals surface area contributed by atoms with E-state index in [1.54, 1.807) is 0 Å².